The fourth-order valence-electron chi connectivity index (χ4n) is 1.24. The van der Waals surface area contributed by atoms with E-state index in [2.05, 4.69) is 14.3 Å². The third kappa shape index (κ3) is 2.29. The van der Waals surface area contributed by atoms with Crippen molar-refractivity contribution < 1.29 is 12.8 Å². The first kappa shape index (κ1) is 12.4. The quantitative estimate of drug-likeness (QED) is 0.917. The number of aromatic nitrogens is 2. The van der Waals surface area contributed by atoms with Gasteiger partial charge in [-0.3, -0.25) is 4.72 Å². The molecular weight excluding hydrogens is 279 g/mol. The van der Waals surface area contributed by atoms with Crippen LogP contribution in [-0.4, -0.2) is 18.0 Å². The van der Waals surface area contributed by atoms with E-state index in [1.807, 2.05) is 0 Å². The van der Waals surface area contributed by atoms with Gasteiger partial charge >= 0.3 is 0 Å². The minimum absolute atomic E-state index is 0.183. The molecule has 0 saturated heterocycles. The maximum atomic E-state index is 13.3. The maximum absolute atomic E-state index is 13.3. The normalized spacial score (nSPS) is 10.9. The first-order valence-electron chi connectivity index (χ1n) is 4.53. The molecule has 0 radical (unpaired) electrons. The predicted molar refractivity (Wildman–Crippen MR) is 61.8 cm³/mol. The van der Waals surface area contributed by atoms with Crippen LogP contribution in [0.4, 0.5) is 9.39 Å². The SMILES string of the molecule is N#Cc1c(F)cccc1S(=O)(=O)Nc1cnns1. The molecule has 9 heteroatoms. The monoisotopic (exact) mass is 284 g/mol. The van der Waals surface area contributed by atoms with Gasteiger partial charge in [0, 0.05) is 11.5 Å². The van der Waals surface area contributed by atoms with Crippen molar-refractivity contribution in [2.75, 3.05) is 4.72 Å². The van der Waals surface area contributed by atoms with Crippen molar-refractivity contribution in [1.29, 1.82) is 5.26 Å². The van der Waals surface area contributed by atoms with Crippen LogP contribution in [0.1, 0.15) is 5.56 Å². The maximum Gasteiger partial charge on any atom is 0.264 e. The molecule has 0 spiro atoms. The van der Waals surface area contributed by atoms with Crippen LogP contribution < -0.4 is 4.72 Å². The number of hydrogen-bond acceptors (Lipinski definition) is 6. The summed E-state index contributed by atoms with van der Waals surface area (Å²) >= 11 is 0.834. The number of nitrogens with zero attached hydrogens (tertiary/aromatic N) is 3. The van der Waals surface area contributed by atoms with Gasteiger partial charge in [-0.15, -0.1) is 5.10 Å². The minimum Gasteiger partial charge on any atom is -0.268 e. The van der Waals surface area contributed by atoms with Gasteiger partial charge in [-0.05, 0) is 12.1 Å². The summed E-state index contributed by atoms with van der Waals surface area (Å²) in [4.78, 5) is -0.418. The Bertz CT molecular complexity index is 707. The number of nitriles is 1. The Balaban J connectivity index is 2.49. The van der Waals surface area contributed by atoms with Crippen LogP contribution in [0.5, 0.6) is 0 Å². The van der Waals surface area contributed by atoms with E-state index < -0.39 is 26.3 Å². The van der Waals surface area contributed by atoms with E-state index >= 15 is 0 Å². The Morgan fingerprint density at radius 2 is 2.22 bits per heavy atom. The van der Waals surface area contributed by atoms with Crippen molar-refractivity contribution in [2.45, 2.75) is 4.90 Å². The first-order chi connectivity index (χ1) is 8.54. The first-order valence-corrected chi connectivity index (χ1v) is 6.79. The molecule has 0 amide bonds. The standard InChI is InChI=1S/C9H5FN4O2S2/c10-7-2-1-3-8(6(7)4-11)18(15,16)13-9-5-12-14-17-9/h1-3,5,13H. The van der Waals surface area contributed by atoms with E-state index in [-0.39, 0.29) is 5.00 Å². The molecule has 2 rings (SSSR count). The molecule has 0 aliphatic carbocycles. The summed E-state index contributed by atoms with van der Waals surface area (Å²) in [6.45, 7) is 0. The smallest absolute Gasteiger partial charge is 0.264 e. The molecule has 0 atom stereocenters. The number of sulfonamides is 1. The van der Waals surface area contributed by atoms with Gasteiger partial charge in [0.05, 0.1) is 6.20 Å². The summed E-state index contributed by atoms with van der Waals surface area (Å²) in [6, 6.07) is 4.92. The largest absolute Gasteiger partial charge is 0.268 e. The molecule has 1 N–H and O–H groups in total. The van der Waals surface area contributed by atoms with Crippen molar-refractivity contribution in [3.63, 3.8) is 0 Å². The fraction of sp³-hybridized carbons (Fsp3) is 0. The molecule has 2 aromatic rings. The third-order valence-electron chi connectivity index (χ3n) is 1.97. The number of hydrogen-bond donors (Lipinski definition) is 1. The van der Waals surface area contributed by atoms with Gasteiger partial charge in [0.1, 0.15) is 27.3 Å². The Kier molecular flexibility index (Phi) is 3.22. The lowest BCUT2D eigenvalue weighted by molar-refractivity contribution is 0.593. The number of benzene rings is 1. The summed E-state index contributed by atoms with van der Waals surface area (Å²) in [5.74, 6) is -0.886. The number of anilines is 1. The van der Waals surface area contributed by atoms with E-state index in [1.165, 1.54) is 18.3 Å². The Labute approximate surface area is 106 Å². The zero-order chi connectivity index (χ0) is 13.2. The Morgan fingerprint density at radius 1 is 1.44 bits per heavy atom. The molecule has 0 saturated carbocycles. The van der Waals surface area contributed by atoms with Crippen molar-refractivity contribution in [3.8, 4) is 6.07 Å². The molecule has 6 nitrogen and oxygen atoms in total. The van der Waals surface area contributed by atoms with Crippen LogP contribution in [0.3, 0.4) is 0 Å². The second kappa shape index (κ2) is 4.67. The topological polar surface area (TPSA) is 95.7 Å². The van der Waals surface area contributed by atoms with Gasteiger partial charge in [-0.1, -0.05) is 10.6 Å². The average molecular weight is 284 g/mol. The Morgan fingerprint density at radius 3 is 2.83 bits per heavy atom. The van der Waals surface area contributed by atoms with Crippen LogP contribution in [0.25, 0.3) is 0 Å². The summed E-state index contributed by atoms with van der Waals surface area (Å²) in [7, 11) is -4.03. The molecule has 0 aliphatic rings. The summed E-state index contributed by atoms with van der Waals surface area (Å²) in [5, 5.41) is 12.4. The van der Waals surface area contributed by atoms with E-state index in [0.717, 1.165) is 23.7 Å². The lowest BCUT2D eigenvalue weighted by Crippen LogP contribution is -2.14. The molecule has 92 valence electrons. The van der Waals surface area contributed by atoms with E-state index in [1.54, 1.807) is 0 Å². The van der Waals surface area contributed by atoms with Crippen molar-refractivity contribution in [3.05, 3.63) is 35.8 Å². The number of nitrogens with one attached hydrogen (secondary N) is 1. The summed E-state index contributed by atoms with van der Waals surface area (Å²) in [6.07, 6.45) is 1.22. The lowest BCUT2D eigenvalue weighted by atomic mass is 10.2. The van der Waals surface area contributed by atoms with E-state index in [9.17, 15) is 12.8 Å². The molecule has 0 unspecified atom stereocenters. The zero-order valence-corrected chi connectivity index (χ0v) is 10.3. The van der Waals surface area contributed by atoms with Gasteiger partial charge in [0.25, 0.3) is 10.0 Å². The van der Waals surface area contributed by atoms with Gasteiger partial charge < -0.3 is 0 Å². The zero-order valence-electron chi connectivity index (χ0n) is 8.66. The highest BCUT2D eigenvalue weighted by atomic mass is 32.2. The molecule has 0 fully saturated rings. The molecule has 1 aromatic carbocycles. The lowest BCUT2D eigenvalue weighted by Gasteiger charge is -2.06. The molecular formula is C9H5FN4O2S2. The molecule has 0 aliphatic heterocycles. The fourth-order valence-corrected chi connectivity index (χ4v) is 3.09. The summed E-state index contributed by atoms with van der Waals surface area (Å²) in [5.41, 5.74) is -0.525. The van der Waals surface area contributed by atoms with Gasteiger partial charge in [0.15, 0.2) is 0 Å². The third-order valence-corrected chi connectivity index (χ3v) is 4.09. The van der Waals surface area contributed by atoms with Gasteiger partial charge in [0.2, 0.25) is 0 Å². The van der Waals surface area contributed by atoms with Crippen LogP contribution in [0, 0.1) is 17.1 Å². The highest BCUT2D eigenvalue weighted by Gasteiger charge is 2.21. The number of halogens is 1. The van der Waals surface area contributed by atoms with E-state index in [4.69, 9.17) is 5.26 Å². The van der Waals surface area contributed by atoms with Crippen LogP contribution in [0.15, 0.2) is 29.3 Å². The highest BCUT2D eigenvalue weighted by Crippen LogP contribution is 2.22. The van der Waals surface area contributed by atoms with E-state index in [0.29, 0.717) is 0 Å². The highest BCUT2D eigenvalue weighted by molar-refractivity contribution is 7.93. The minimum atomic E-state index is -4.03. The Hall–Kier alpha value is -2.05. The second-order valence-electron chi connectivity index (χ2n) is 3.11. The van der Waals surface area contributed by atoms with Crippen molar-refractivity contribution >= 4 is 26.6 Å². The average Bonchev–Trinajstić information content (AvgIpc) is 2.80. The van der Waals surface area contributed by atoms with Crippen LogP contribution >= 0.6 is 11.5 Å². The van der Waals surface area contributed by atoms with Crippen LogP contribution in [0.2, 0.25) is 0 Å². The number of rotatable bonds is 3. The van der Waals surface area contributed by atoms with Crippen LogP contribution in [-0.2, 0) is 10.0 Å². The molecule has 18 heavy (non-hydrogen) atoms. The molecule has 0 bridgehead atoms. The van der Waals surface area contributed by atoms with Crippen molar-refractivity contribution in [1.82, 2.24) is 9.59 Å². The second-order valence-corrected chi connectivity index (χ2v) is 5.55. The molecule has 1 aromatic heterocycles. The predicted octanol–water partition coefficient (Wildman–Crippen LogP) is 1.35. The molecule has 1 heterocycles. The summed E-state index contributed by atoms with van der Waals surface area (Å²) < 4.78 is 42.9. The van der Waals surface area contributed by atoms with Gasteiger partial charge in [-0.25, -0.2) is 12.8 Å². The van der Waals surface area contributed by atoms with Gasteiger partial charge in [-0.2, -0.15) is 5.26 Å². The van der Waals surface area contributed by atoms with Crippen molar-refractivity contribution in [2.24, 2.45) is 0 Å².